The summed E-state index contributed by atoms with van der Waals surface area (Å²) in [6.45, 7) is 2.09. The third-order valence-electron chi connectivity index (χ3n) is 3.01. The summed E-state index contributed by atoms with van der Waals surface area (Å²) in [6.07, 6.45) is 4.27. The van der Waals surface area contributed by atoms with Crippen molar-refractivity contribution in [3.63, 3.8) is 0 Å². The number of nitrogens with zero attached hydrogens (tertiary/aromatic N) is 1. The molecule has 2 rings (SSSR count). The Hall–Kier alpha value is -1.62. The summed E-state index contributed by atoms with van der Waals surface area (Å²) in [5.74, 6) is 0. The van der Waals surface area contributed by atoms with Gasteiger partial charge in [0.15, 0.2) is 0 Å². The lowest BCUT2D eigenvalue weighted by Crippen LogP contribution is -2.14. The molecular formula is C13H18N2O3. The van der Waals surface area contributed by atoms with Gasteiger partial charge in [-0.05, 0) is 37.8 Å². The number of aromatic nitrogens is 1. The van der Waals surface area contributed by atoms with Crippen molar-refractivity contribution < 1.29 is 14.6 Å². The number of carbonyl (C=O) groups excluding carboxylic acids is 1. The number of anilines is 1. The fourth-order valence-electron chi connectivity index (χ4n) is 2.16. The molecule has 0 aromatic carbocycles. The summed E-state index contributed by atoms with van der Waals surface area (Å²) in [6, 6.07) is 1.87. The maximum atomic E-state index is 11.3. The Morgan fingerprint density at radius 2 is 2.44 bits per heavy atom. The van der Waals surface area contributed by atoms with E-state index < -0.39 is 12.2 Å². The first-order valence-corrected chi connectivity index (χ1v) is 6.31. The molecule has 0 aliphatic heterocycles. The number of rotatable bonds is 2. The molecular weight excluding hydrogens is 232 g/mol. The van der Waals surface area contributed by atoms with E-state index >= 15 is 0 Å². The number of nitrogens with one attached hydrogen (secondary N) is 1. The first-order valence-electron chi connectivity index (χ1n) is 6.31. The summed E-state index contributed by atoms with van der Waals surface area (Å²) in [7, 11) is 0. The number of aryl methyl sites for hydroxylation is 1. The average molecular weight is 250 g/mol. The van der Waals surface area contributed by atoms with Crippen LogP contribution in [-0.2, 0) is 11.2 Å². The molecule has 1 atom stereocenters. The first kappa shape index (κ1) is 12.8. The molecule has 1 aliphatic rings. The number of aliphatic hydroxyl groups is 1. The molecule has 1 aliphatic carbocycles. The Labute approximate surface area is 106 Å². The monoisotopic (exact) mass is 250 g/mol. The summed E-state index contributed by atoms with van der Waals surface area (Å²) in [5.41, 5.74) is 2.36. The number of aliphatic hydroxyl groups excluding tert-OH is 1. The lowest BCUT2D eigenvalue weighted by Gasteiger charge is -2.12. The summed E-state index contributed by atoms with van der Waals surface area (Å²) in [4.78, 5) is 15.6. The van der Waals surface area contributed by atoms with Crippen LogP contribution in [0.2, 0.25) is 0 Å². The zero-order chi connectivity index (χ0) is 13.0. The van der Waals surface area contributed by atoms with Gasteiger partial charge in [-0.2, -0.15) is 0 Å². The molecule has 1 heterocycles. The standard InChI is InChI=1S/C13H18N2O3/c1-2-18-13(17)15-10-7-9-5-3-4-6-11(16)12(9)14-8-10/h7-8,11,16H,2-6H2,1H3,(H,15,17). The van der Waals surface area contributed by atoms with E-state index in [2.05, 4.69) is 10.3 Å². The molecule has 0 spiro atoms. The minimum Gasteiger partial charge on any atom is -0.450 e. The molecule has 0 radical (unpaired) electrons. The van der Waals surface area contributed by atoms with Gasteiger partial charge in [-0.15, -0.1) is 0 Å². The second-order valence-corrected chi connectivity index (χ2v) is 4.38. The fraction of sp³-hybridized carbons (Fsp3) is 0.538. The predicted octanol–water partition coefficient (Wildman–Crippen LogP) is 2.41. The molecule has 0 saturated carbocycles. The van der Waals surface area contributed by atoms with E-state index in [0.29, 0.717) is 12.3 Å². The van der Waals surface area contributed by atoms with E-state index in [-0.39, 0.29) is 0 Å². The van der Waals surface area contributed by atoms with Crippen LogP contribution in [0.15, 0.2) is 12.3 Å². The Morgan fingerprint density at radius 3 is 3.22 bits per heavy atom. The van der Waals surface area contributed by atoms with E-state index in [1.165, 1.54) is 0 Å². The topological polar surface area (TPSA) is 71.5 Å². The molecule has 1 amide bonds. The van der Waals surface area contributed by atoms with E-state index in [1.54, 1.807) is 13.1 Å². The van der Waals surface area contributed by atoms with Crippen molar-refractivity contribution in [2.24, 2.45) is 0 Å². The summed E-state index contributed by atoms with van der Waals surface area (Å²) >= 11 is 0. The molecule has 2 N–H and O–H groups in total. The summed E-state index contributed by atoms with van der Waals surface area (Å²) in [5, 5.41) is 12.5. The third-order valence-corrected chi connectivity index (χ3v) is 3.01. The Bertz CT molecular complexity index is 434. The van der Waals surface area contributed by atoms with Gasteiger partial charge in [0.1, 0.15) is 0 Å². The molecule has 0 bridgehead atoms. The van der Waals surface area contributed by atoms with Crippen molar-refractivity contribution in [2.45, 2.75) is 38.7 Å². The van der Waals surface area contributed by atoms with Crippen LogP contribution in [0.5, 0.6) is 0 Å². The number of carbonyl (C=O) groups is 1. The Morgan fingerprint density at radius 1 is 1.61 bits per heavy atom. The maximum Gasteiger partial charge on any atom is 0.411 e. The predicted molar refractivity (Wildman–Crippen MR) is 67.4 cm³/mol. The Kier molecular flexibility index (Phi) is 4.15. The van der Waals surface area contributed by atoms with Gasteiger partial charge in [0, 0.05) is 0 Å². The van der Waals surface area contributed by atoms with E-state index in [9.17, 15) is 9.90 Å². The van der Waals surface area contributed by atoms with Gasteiger partial charge in [-0.25, -0.2) is 4.79 Å². The molecule has 5 nitrogen and oxygen atoms in total. The number of amides is 1. The first-order chi connectivity index (χ1) is 8.70. The minimum atomic E-state index is -0.487. The van der Waals surface area contributed by atoms with Gasteiger partial charge in [0.25, 0.3) is 0 Å². The third kappa shape index (κ3) is 2.98. The number of ether oxygens (including phenoxy) is 1. The smallest absolute Gasteiger partial charge is 0.411 e. The quantitative estimate of drug-likeness (QED) is 0.791. The van der Waals surface area contributed by atoms with Crippen LogP contribution in [0, 0.1) is 0 Å². The lowest BCUT2D eigenvalue weighted by molar-refractivity contribution is 0.162. The highest BCUT2D eigenvalue weighted by Crippen LogP contribution is 2.28. The largest absolute Gasteiger partial charge is 0.450 e. The van der Waals surface area contributed by atoms with Crippen molar-refractivity contribution >= 4 is 11.8 Å². The number of pyridine rings is 1. The van der Waals surface area contributed by atoms with E-state index in [4.69, 9.17) is 4.74 Å². The number of hydrogen-bond acceptors (Lipinski definition) is 4. The van der Waals surface area contributed by atoms with Crippen LogP contribution in [0.1, 0.15) is 43.5 Å². The molecule has 18 heavy (non-hydrogen) atoms. The van der Waals surface area contributed by atoms with Crippen LogP contribution in [0.4, 0.5) is 10.5 Å². The molecule has 1 aromatic rings. The van der Waals surface area contributed by atoms with Crippen molar-refractivity contribution in [3.8, 4) is 0 Å². The van der Waals surface area contributed by atoms with Crippen molar-refractivity contribution in [1.82, 2.24) is 4.98 Å². The van der Waals surface area contributed by atoms with Crippen LogP contribution >= 0.6 is 0 Å². The SMILES string of the molecule is CCOC(=O)Nc1cnc2c(c1)CCCCC2O. The van der Waals surface area contributed by atoms with Gasteiger partial charge in [-0.1, -0.05) is 6.42 Å². The highest BCUT2D eigenvalue weighted by molar-refractivity contribution is 5.84. The maximum absolute atomic E-state index is 11.3. The van der Waals surface area contributed by atoms with Crippen LogP contribution < -0.4 is 5.32 Å². The lowest BCUT2D eigenvalue weighted by atomic mass is 10.1. The van der Waals surface area contributed by atoms with Crippen molar-refractivity contribution in [3.05, 3.63) is 23.5 Å². The molecule has 98 valence electrons. The minimum absolute atomic E-state index is 0.336. The van der Waals surface area contributed by atoms with Gasteiger partial charge in [0.05, 0.1) is 30.3 Å². The van der Waals surface area contributed by atoms with Crippen LogP contribution in [-0.4, -0.2) is 22.8 Å². The van der Waals surface area contributed by atoms with Crippen LogP contribution in [0.25, 0.3) is 0 Å². The molecule has 1 aromatic heterocycles. The van der Waals surface area contributed by atoms with Crippen molar-refractivity contribution in [2.75, 3.05) is 11.9 Å². The average Bonchev–Trinajstić information content (AvgIpc) is 2.51. The van der Waals surface area contributed by atoms with Gasteiger partial charge in [0.2, 0.25) is 0 Å². The zero-order valence-electron chi connectivity index (χ0n) is 10.5. The van der Waals surface area contributed by atoms with Gasteiger partial charge in [-0.3, -0.25) is 10.3 Å². The molecule has 0 fully saturated rings. The second-order valence-electron chi connectivity index (χ2n) is 4.38. The second kappa shape index (κ2) is 5.82. The van der Waals surface area contributed by atoms with Crippen molar-refractivity contribution in [1.29, 1.82) is 0 Å². The van der Waals surface area contributed by atoms with E-state index in [0.717, 1.165) is 36.9 Å². The summed E-state index contributed by atoms with van der Waals surface area (Å²) < 4.78 is 4.81. The molecule has 0 saturated heterocycles. The van der Waals surface area contributed by atoms with Gasteiger partial charge >= 0.3 is 6.09 Å². The molecule has 1 unspecified atom stereocenters. The van der Waals surface area contributed by atoms with E-state index in [1.807, 2.05) is 6.07 Å². The Balaban J connectivity index is 2.15. The fourth-order valence-corrected chi connectivity index (χ4v) is 2.16. The van der Waals surface area contributed by atoms with Gasteiger partial charge < -0.3 is 9.84 Å². The highest BCUT2D eigenvalue weighted by Gasteiger charge is 2.18. The molecule has 5 heteroatoms. The zero-order valence-corrected chi connectivity index (χ0v) is 10.5. The number of hydrogen-bond donors (Lipinski definition) is 2. The van der Waals surface area contributed by atoms with Crippen LogP contribution in [0.3, 0.4) is 0 Å². The normalized spacial score (nSPS) is 18.7. The number of fused-ring (bicyclic) bond motifs is 1. The highest BCUT2D eigenvalue weighted by atomic mass is 16.5.